The number of hydrogen-bond acceptors (Lipinski definition) is 4. The van der Waals surface area contributed by atoms with Gasteiger partial charge in [-0.05, 0) is 87.3 Å². The van der Waals surface area contributed by atoms with Gasteiger partial charge in [-0.3, -0.25) is 4.98 Å². The van der Waals surface area contributed by atoms with Crippen LogP contribution in [0.15, 0.2) is 150 Å². The average molecular weight is 725 g/mol. The van der Waals surface area contributed by atoms with E-state index in [1.54, 1.807) is 0 Å². The predicted molar refractivity (Wildman–Crippen MR) is 232 cm³/mol. The first-order valence-corrected chi connectivity index (χ1v) is 19.8. The zero-order valence-corrected chi connectivity index (χ0v) is 31.9. The van der Waals surface area contributed by atoms with Gasteiger partial charge in [0.1, 0.15) is 23.0 Å². The summed E-state index contributed by atoms with van der Waals surface area (Å²) < 4.78 is 13.3. The molecular weight excluding hydrogens is 685 g/mol. The first-order valence-electron chi connectivity index (χ1n) is 19.8. The summed E-state index contributed by atoms with van der Waals surface area (Å²) >= 11 is 0. The van der Waals surface area contributed by atoms with Crippen LogP contribution in [-0.2, 0) is 0 Å². The zero-order chi connectivity index (χ0) is 37.7. The van der Waals surface area contributed by atoms with E-state index in [4.69, 9.17) is 19.1 Å². The van der Waals surface area contributed by atoms with Crippen LogP contribution in [0.2, 0.25) is 0 Å². The molecule has 2 unspecified atom stereocenters. The Labute approximate surface area is 325 Å². The Hall–Kier alpha value is -6.52. The van der Waals surface area contributed by atoms with Gasteiger partial charge < -0.3 is 9.15 Å². The lowest BCUT2D eigenvalue weighted by Gasteiger charge is -2.16. The number of aromatic nitrogens is 2. The summed E-state index contributed by atoms with van der Waals surface area (Å²) in [6.07, 6.45) is 10.6. The van der Waals surface area contributed by atoms with Crippen molar-refractivity contribution < 1.29 is 9.15 Å². The summed E-state index contributed by atoms with van der Waals surface area (Å²) in [5, 5.41) is 6.89. The molecular formula is C52H40N2O2. The first-order chi connectivity index (χ1) is 27.4. The fourth-order valence-corrected chi connectivity index (χ4v) is 8.97. The Morgan fingerprint density at radius 2 is 1.21 bits per heavy atom. The maximum absolute atomic E-state index is 6.72. The van der Waals surface area contributed by atoms with E-state index in [-0.39, 0.29) is 12.0 Å². The first kappa shape index (κ1) is 32.9. The van der Waals surface area contributed by atoms with E-state index in [2.05, 4.69) is 155 Å². The van der Waals surface area contributed by atoms with E-state index in [0.717, 1.165) is 83.0 Å². The molecule has 0 bridgehead atoms. The monoisotopic (exact) mass is 724 g/mol. The van der Waals surface area contributed by atoms with Crippen molar-refractivity contribution in [3.8, 4) is 39.3 Å². The van der Waals surface area contributed by atoms with Gasteiger partial charge in [-0.1, -0.05) is 125 Å². The number of fused-ring (bicyclic) bond motifs is 12. The van der Waals surface area contributed by atoms with Crippen molar-refractivity contribution in [1.29, 1.82) is 0 Å². The highest BCUT2D eigenvalue weighted by Gasteiger charge is 2.34. The molecule has 56 heavy (non-hydrogen) atoms. The predicted octanol–water partition coefficient (Wildman–Crippen LogP) is 14.1. The summed E-state index contributed by atoms with van der Waals surface area (Å²) in [5.74, 6) is 1.92. The van der Waals surface area contributed by atoms with Crippen molar-refractivity contribution in [2.75, 3.05) is 0 Å². The second-order valence-electron chi connectivity index (χ2n) is 16.1. The van der Waals surface area contributed by atoms with Crippen LogP contribution in [0.25, 0.3) is 88.0 Å². The number of ether oxygens (including phenoxy) is 1. The lowest BCUT2D eigenvalue weighted by molar-refractivity contribution is 0.270. The molecule has 0 saturated carbocycles. The minimum atomic E-state index is -0.00972. The molecule has 0 radical (unpaired) electrons. The minimum absolute atomic E-state index is 0.00972. The average Bonchev–Trinajstić information content (AvgIpc) is 3.82. The molecule has 1 aliphatic heterocycles. The summed E-state index contributed by atoms with van der Waals surface area (Å²) in [4.78, 5) is 10.8. The van der Waals surface area contributed by atoms with Crippen molar-refractivity contribution in [2.24, 2.45) is 0 Å². The third kappa shape index (κ3) is 5.05. The molecule has 7 aromatic carbocycles. The highest BCUT2D eigenvalue weighted by atomic mass is 16.5. The fourth-order valence-electron chi connectivity index (χ4n) is 8.97. The maximum Gasteiger partial charge on any atom is 0.143 e. The van der Waals surface area contributed by atoms with Crippen LogP contribution in [0, 0.1) is 0 Å². The number of furan rings is 1. The van der Waals surface area contributed by atoms with E-state index in [9.17, 15) is 0 Å². The number of nitrogens with zero attached hydrogens (tertiary/aromatic N) is 2. The van der Waals surface area contributed by atoms with Crippen LogP contribution in [0.4, 0.5) is 0 Å². The van der Waals surface area contributed by atoms with Crippen molar-refractivity contribution >= 4 is 54.5 Å². The lowest BCUT2D eigenvalue weighted by Crippen LogP contribution is -2.15. The smallest absolute Gasteiger partial charge is 0.143 e. The molecule has 9 aromatic rings. The summed E-state index contributed by atoms with van der Waals surface area (Å²) in [5.41, 5.74) is 13.4. The molecule has 0 amide bonds. The van der Waals surface area contributed by atoms with Gasteiger partial charge in [0.05, 0.1) is 22.9 Å². The van der Waals surface area contributed by atoms with Crippen LogP contribution in [0.3, 0.4) is 0 Å². The van der Waals surface area contributed by atoms with Crippen molar-refractivity contribution in [3.63, 3.8) is 0 Å². The summed E-state index contributed by atoms with van der Waals surface area (Å²) in [6.45, 7) is 8.98. The fraction of sp³-hybridized carbons (Fsp3) is 0.154. The Kier molecular flexibility index (Phi) is 7.34. The molecule has 0 N–H and O–H groups in total. The highest BCUT2D eigenvalue weighted by Crippen LogP contribution is 2.48. The topological polar surface area (TPSA) is 48.2 Å². The summed E-state index contributed by atoms with van der Waals surface area (Å²) in [6, 6.07) is 41.7. The standard InChI is InChI=1S/C52H40N2O2/c1-29(2)31-19-21-38-39-22-20-32(30(3)4)27-45(39)50-49(44(38)26-31)53-28-46(54-50)35-24-33(36-13-9-15-42-40-11-5-7-17-47(40)55-51(36)42)23-34(25-35)37-14-10-16-43-41-12-6-8-18-48(41)56-52(37)43/h5-30,40,47H,1-4H3. The molecule has 0 fully saturated rings. The molecule has 4 heteroatoms. The minimum Gasteiger partial charge on any atom is -0.484 e. The third-order valence-electron chi connectivity index (χ3n) is 12.0. The van der Waals surface area contributed by atoms with Gasteiger partial charge in [0.15, 0.2) is 0 Å². The molecule has 1 aliphatic carbocycles. The Morgan fingerprint density at radius 3 is 2.00 bits per heavy atom. The van der Waals surface area contributed by atoms with Crippen molar-refractivity contribution in [2.45, 2.75) is 51.6 Å². The Balaban J connectivity index is 1.18. The number of hydrogen-bond donors (Lipinski definition) is 0. The number of allylic oxidation sites excluding steroid dienone is 2. The lowest BCUT2D eigenvalue weighted by atomic mass is 9.89. The van der Waals surface area contributed by atoms with Gasteiger partial charge >= 0.3 is 0 Å². The second kappa shape index (κ2) is 12.5. The van der Waals surface area contributed by atoms with Crippen molar-refractivity contribution in [1.82, 2.24) is 9.97 Å². The van der Waals surface area contributed by atoms with E-state index in [0.29, 0.717) is 11.8 Å². The van der Waals surface area contributed by atoms with Crippen LogP contribution in [0.5, 0.6) is 5.75 Å². The van der Waals surface area contributed by atoms with Gasteiger partial charge in [0.25, 0.3) is 0 Å². The third-order valence-corrected chi connectivity index (χ3v) is 12.0. The molecule has 2 aliphatic rings. The molecule has 2 atom stereocenters. The molecule has 11 rings (SSSR count). The number of rotatable bonds is 5. The number of para-hydroxylation sites is 3. The van der Waals surface area contributed by atoms with Crippen LogP contribution in [-0.4, -0.2) is 16.1 Å². The molecule has 0 saturated heterocycles. The number of benzene rings is 7. The van der Waals surface area contributed by atoms with Gasteiger partial charge in [-0.15, -0.1) is 0 Å². The van der Waals surface area contributed by atoms with E-state index < -0.39 is 0 Å². The van der Waals surface area contributed by atoms with Crippen LogP contribution < -0.4 is 4.74 Å². The van der Waals surface area contributed by atoms with Crippen LogP contribution in [0.1, 0.15) is 62.1 Å². The maximum atomic E-state index is 6.72. The molecule has 2 aromatic heterocycles. The van der Waals surface area contributed by atoms with Gasteiger partial charge in [-0.2, -0.15) is 0 Å². The van der Waals surface area contributed by atoms with Gasteiger partial charge in [-0.25, -0.2) is 4.98 Å². The largest absolute Gasteiger partial charge is 0.484 e. The van der Waals surface area contributed by atoms with Gasteiger partial charge in [0.2, 0.25) is 0 Å². The zero-order valence-electron chi connectivity index (χ0n) is 31.9. The molecule has 270 valence electrons. The molecule has 0 spiro atoms. The second-order valence-corrected chi connectivity index (χ2v) is 16.1. The summed E-state index contributed by atoms with van der Waals surface area (Å²) in [7, 11) is 0. The van der Waals surface area contributed by atoms with E-state index in [1.807, 2.05) is 18.3 Å². The molecule has 4 nitrogen and oxygen atoms in total. The van der Waals surface area contributed by atoms with Gasteiger partial charge in [0, 0.05) is 49.7 Å². The molecule has 3 heterocycles. The Morgan fingerprint density at radius 1 is 0.554 bits per heavy atom. The SMILES string of the molecule is CC(C)c1ccc2c3ccc(C(C)C)cc3c3nc(-c4cc(-c5cccc6c5OC5C=CC=CC65)cc(-c5cccc6c5oc5ccccc56)c4)cnc3c2c1. The Bertz CT molecular complexity index is 3150. The quantitative estimate of drug-likeness (QED) is 0.166. The highest BCUT2D eigenvalue weighted by molar-refractivity contribution is 6.23. The van der Waals surface area contributed by atoms with E-state index in [1.165, 1.54) is 27.5 Å². The van der Waals surface area contributed by atoms with Crippen LogP contribution >= 0.6 is 0 Å². The van der Waals surface area contributed by atoms with Crippen molar-refractivity contribution in [3.05, 3.63) is 162 Å². The normalized spacial score (nSPS) is 16.2. The van der Waals surface area contributed by atoms with E-state index >= 15 is 0 Å².